The number of fused-ring (bicyclic) bond motifs is 1. The first kappa shape index (κ1) is 14.2. The van der Waals surface area contributed by atoms with E-state index in [1.54, 1.807) is 36.4 Å². The summed E-state index contributed by atoms with van der Waals surface area (Å²) in [6, 6.07) is 12.6. The van der Waals surface area contributed by atoms with E-state index in [0.29, 0.717) is 27.1 Å². The lowest BCUT2D eigenvalue weighted by molar-refractivity contribution is 0.982. The topological polar surface area (TPSA) is 41.6 Å². The van der Waals surface area contributed by atoms with Gasteiger partial charge in [0, 0.05) is 5.02 Å². The number of alkyl halides is 1. The highest BCUT2D eigenvalue weighted by Gasteiger charge is 2.15. The van der Waals surface area contributed by atoms with Gasteiger partial charge in [-0.1, -0.05) is 23.2 Å². The monoisotopic (exact) mass is 335 g/mol. The van der Waals surface area contributed by atoms with Gasteiger partial charge in [0.25, 0.3) is 0 Å². The van der Waals surface area contributed by atoms with E-state index in [-0.39, 0.29) is 5.88 Å². The molecule has 3 nitrogen and oxygen atoms in total. The SMILES string of the molecule is N#Cc1ccc2nc(CCl)n(-c3cc(Cl)ccc3Cl)c2c1. The number of nitrogens with zero attached hydrogens (tertiary/aromatic N) is 3. The molecule has 104 valence electrons. The number of benzene rings is 2. The molecule has 0 fully saturated rings. The van der Waals surface area contributed by atoms with Crippen molar-refractivity contribution >= 4 is 45.8 Å². The van der Waals surface area contributed by atoms with Crippen molar-refractivity contribution in [2.75, 3.05) is 0 Å². The van der Waals surface area contributed by atoms with Gasteiger partial charge in [-0.05, 0) is 36.4 Å². The number of imidazole rings is 1. The number of hydrogen-bond acceptors (Lipinski definition) is 2. The van der Waals surface area contributed by atoms with Crippen LogP contribution in [0.1, 0.15) is 11.4 Å². The van der Waals surface area contributed by atoms with Crippen molar-refractivity contribution in [3.63, 3.8) is 0 Å². The first-order chi connectivity index (χ1) is 10.1. The van der Waals surface area contributed by atoms with Gasteiger partial charge in [-0.15, -0.1) is 11.6 Å². The summed E-state index contributed by atoms with van der Waals surface area (Å²) < 4.78 is 1.83. The predicted octanol–water partition coefficient (Wildman–Crippen LogP) is 4.94. The first-order valence-corrected chi connectivity index (χ1v) is 7.36. The van der Waals surface area contributed by atoms with Gasteiger partial charge in [-0.3, -0.25) is 4.57 Å². The van der Waals surface area contributed by atoms with Crippen molar-refractivity contribution in [3.8, 4) is 11.8 Å². The molecule has 0 saturated carbocycles. The van der Waals surface area contributed by atoms with Crippen LogP contribution >= 0.6 is 34.8 Å². The molecule has 0 bridgehead atoms. The summed E-state index contributed by atoms with van der Waals surface area (Å²) in [5.41, 5.74) is 2.76. The molecule has 1 heterocycles. The molecule has 3 rings (SSSR count). The third kappa shape index (κ3) is 2.47. The molecule has 0 aliphatic heterocycles. The minimum Gasteiger partial charge on any atom is -0.294 e. The molecule has 6 heteroatoms. The van der Waals surface area contributed by atoms with Gasteiger partial charge < -0.3 is 0 Å². The molecular weight excluding hydrogens is 329 g/mol. The molecule has 0 radical (unpaired) electrons. The minimum atomic E-state index is 0.222. The Morgan fingerprint density at radius 1 is 1.14 bits per heavy atom. The molecule has 0 atom stereocenters. The molecule has 0 N–H and O–H groups in total. The second kappa shape index (κ2) is 5.57. The Morgan fingerprint density at radius 3 is 2.67 bits per heavy atom. The summed E-state index contributed by atoms with van der Waals surface area (Å²) in [4.78, 5) is 4.47. The van der Waals surface area contributed by atoms with Gasteiger partial charge in [-0.2, -0.15) is 5.26 Å². The van der Waals surface area contributed by atoms with Crippen LogP contribution in [0.5, 0.6) is 0 Å². The average molecular weight is 337 g/mol. The summed E-state index contributed by atoms with van der Waals surface area (Å²) in [5.74, 6) is 0.866. The number of halogens is 3. The van der Waals surface area contributed by atoms with Crippen LogP contribution in [0.2, 0.25) is 10.0 Å². The second-order valence-electron chi connectivity index (χ2n) is 4.41. The van der Waals surface area contributed by atoms with Gasteiger partial charge in [0.2, 0.25) is 0 Å². The first-order valence-electron chi connectivity index (χ1n) is 6.07. The second-order valence-corrected chi connectivity index (χ2v) is 5.52. The normalized spacial score (nSPS) is 10.8. The maximum Gasteiger partial charge on any atom is 0.129 e. The van der Waals surface area contributed by atoms with Crippen molar-refractivity contribution in [3.05, 3.63) is 57.8 Å². The van der Waals surface area contributed by atoms with Crippen LogP contribution in [0, 0.1) is 11.3 Å². The van der Waals surface area contributed by atoms with Crippen LogP contribution in [-0.2, 0) is 5.88 Å². The van der Waals surface area contributed by atoms with Gasteiger partial charge in [0.05, 0.1) is 39.3 Å². The highest BCUT2D eigenvalue weighted by Crippen LogP contribution is 2.30. The van der Waals surface area contributed by atoms with Crippen molar-refractivity contribution < 1.29 is 0 Å². The lowest BCUT2D eigenvalue weighted by Crippen LogP contribution is -2.00. The predicted molar refractivity (Wildman–Crippen MR) is 85.4 cm³/mol. The van der Waals surface area contributed by atoms with Gasteiger partial charge >= 0.3 is 0 Å². The maximum absolute atomic E-state index is 9.07. The Balaban J connectivity index is 2.39. The zero-order chi connectivity index (χ0) is 15.0. The smallest absolute Gasteiger partial charge is 0.129 e. The Bertz CT molecular complexity index is 878. The maximum atomic E-state index is 9.07. The third-order valence-electron chi connectivity index (χ3n) is 3.12. The van der Waals surface area contributed by atoms with Crippen LogP contribution in [0.25, 0.3) is 16.7 Å². The Kier molecular flexibility index (Phi) is 3.77. The zero-order valence-corrected chi connectivity index (χ0v) is 12.9. The van der Waals surface area contributed by atoms with E-state index in [1.165, 1.54) is 0 Å². The summed E-state index contributed by atoms with van der Waals surface area (Å²) in [6.07, 6.45) is 0. The largest absolute Gasteiger partial charge is 0.294 e. The molecule has 0 unspecified atom stereocenters. The lowest BCUT2D eigenvalue weighted by atomic mass is 10.2. The van der Waals surface area contributed by atoms with Crippen LogP contribution < -0.4 is 0 Å². The lowest BCUT2D eigenvalue weighted by Gasteiger charge is -2.10. The highest BCUT2D eigenvalue weighted by molar-refractivity contribution is 6.34. The summed E-state index contributed by atoms with van der Waals surface area (Å²) in [7, 11) is 0. The van der Waals surface area contributed by atoms with Crippen LogP contribution in [0.15, 0.2) is 36.4 Å². The fraction of sp³-hybridized carbons (Fsp3) is 0.0667. The number of aromatic nitrogens is 2. The molecule has 0 amide bonds. The molecule has 21 heavy (non-hydrogen) atoms. The van der Waals surface area contributed by atoms with E-state index in [4.69, 9.17) is 40.1 Å². The van der Waals surface area contributed by atoms with Crippen LogP contribution in [-0.4, -0.2) is 9.55 Å². The number of rotatable bonds is 2. The zero-order valence-electron chi connectivity index (χ0n) is 10.6. The Hall–Kier alpha value is -1.73. The average Bonchev–Trinajstić information content (AvgIpc) is 2.87. The summed E-state index contributed by atoms with van der Waals surface area (Å²) >= 11 is 18.3. The van der Waals surface area contributed by atoms with Gasteiger partial charge in [0.1, 0.15) is 5.82 Å². The van der Waals surface area contributed by atoms with Crippen LogP contribution in [0.3, 0.4) is 0 Å². The van der Waals surface area contributed by atoms with Gasteiger partial charge in [0.15, 0.2) is 0 Å². The Morgan fingerprint density at radius 2 is 1.95 bits per heavy atom. The molecule has 2 aromatic carbocycles. The van der Waals surface area contributed by atoms with Gasteiger partial charge in [-0.25, -0.2) is 4.98 Å². The molecule has 1 aromatic heterocycles. The molecule has 0 aliphatic carbocycles. The number of hydrogen-bond donors (Lipinski definition) is 0. The molecule has 3 aromatic rings. The molecule has 0 saturated heterocycles. The number of nitriles is 1. The van der Waals surface area contributed by atoms with E-state index < -0.39 is 0 Å². The summed E-state index contributed by atoms with van der Waals surface area (Å²) in [6.45, 7) is 0. The van der Waals surface area contributed by atoms with E-state index >= 15 is 0 Å². The van der Waals surface area contributed by atoms with Crippen molar-refractivity contribution in [1.29, 1.82) is 5.26 Å². The quantitative estimate of drug-likeness (QED) is 0.622. The Labute approximate surface area is 136 Å². The van der Waals surface area contributed by atoms with Crippen molar-refractivity contribution in [1.82, 2.24) is 9.55 Å². The van der Waals surface area contributed by atoms with E-state index in [2.05, 4.69) is 11.1 Å². The third-order valence-corrected chi connectivity index (χ3v) is 3.92. The highest BCUT2D eigenvalue weighted by atomic mass is 35.5. The van der Waals surface area contributed by atoms with E-state index in [0.717, 1.165) is 11.0 Å². The fourth-order valence-corrected chi connectivity index (χ4v) is 2.76. The molecule has 0 aliphatic rings. The van der Waals surface area contributed by atoms with Crippen molar-refractivity contribution in [2.45, 2.75) is 5.88 Å². The standard InChI is InChI=1S/C15H8Cl3N3/c16-7-15-20-12-4-1-9(8-19)5-14(12)21(15)13-6-10(17)2-3-11(13)18/h1-6H,7H2. The minimum absolute atomic E-state index is 0.222. The van der Waals surface area contributed by atoms with E-state index in [9.17, 15) is 0 Å². The van der Waals surface area contributed by atoms with Crippen molar-refractivity contribution in [2.24, 2.45) is 0 Å². The summed E-state index contributed by atoms with van der Waals surface area (Å²) in [5, 5.41) is 10.2. The molecule has 0 spiro atoms. The van der Waals surface area contributed by atoms with E-state index in [1.807, 2.05) is 4.57 Å². The fourth-order valence-electron chi connectivity index (χ4n) is 2.21. The van der Waals surface area contributed by atoms with Crippen LogP contribution in [0.4, 0.5) is 0 Å². The molecular formula is C15H8Cl3N3.